The molecule has 2 aromatic rings. The van der Waals surface area contributed by atoms with Crippen molar-refractivity contribution in [3.05, 3.63) is 56.8 Å². The van der Waals surface area contributed by atoms with Crippen molar-refractivity contribution < 1.29 is 13.3 Å². The summed E-state index contributed by atoms with van der Waals surface area (Å²) in [7, 11) is -3.92. The Labute approximate surface area is 135 Å². The molecule has 0 fully saturated rings. The van der Waals surface area contributed by atoms with Crippen LogP contribution >= 0.6 is 23.2 Å². The normalized spacial score (nSPS) is 11.2. The van der Waals surface area contributed by atoms with Gasteiger partial charge in [-0.3, -0.25) is 10.1 Å². The molecule has 0 bridgehead atoms. The highest BCUT2D eigenvalue weighted by Crippen LogP contribution is 2.22. The van der Waals surface area contributed by atoms with Crippen LogP contribution < -0.4 is 10.3 Å². The zero-order valence-electron chi connectivity index (χ0n) is 10.7. The highest BCUT2D eigenvalue weighted by molar-refractivity contribution is 7.89. The largest absolute Gasteiger partial charge is 0.308 e. The summed E-state index contributed by atoms with van der Waals surface area (Å²) in [5.74, 6) is 0. The van der Waals surface area contributed by atoms with Crippen molar-refractivity contribution in [3.63, 3.8) is 0 Å². The molecule has 0 unspecified atom stereocenters. The number of nitro groups is 1. The number of hydrogen-bond donors (Lipinski definition) is 2. The van der Waals surface area contributed by atoms with Gasteiger partial charge in [0.25, 0.3) is 15.7 Å². The van der Waals surface area contributed by atoms with Crippen LogP contribution in [0.4, 0.5) is 11.4 Å². The number of hydrazine groups is 1. The fourth-order valence-corrected chi connectivity index (χ4v) is 2.57. The number of nitrogens with one attached hydrogen (secondary N) is 2. The van der Waals surface area contributed by atoms with Crippen LogP contribution in [0.3, 0.4) is 0 Å². The molecule has 2 rings (SSSR count). The first kappa shape index (κ1) is 16.4. The van der Waals surface area contributed by atoms with Crippen molar-refractivity contribution in [2.24, 2.45) is 0 Å². The number of aromatic nitrogens is 1. The molecule has 1 aromatic carbocycles. The Bertz CT molecular complexity index is 811. The zero-order valence-corrected chi connectivity index (χ0v) is 13.0. The molecule has 0 aliphatic rings. The molecule has 11 heteroatoms. The number of nitrogens with zero attached hydrogens (tertiary/aromatic N) is 2. The van der Waals surface area contributed by atoms with Gasteiger partial charge in [0.05, 0.1) is 15.6 Å². The van der Waals surface area contributed by atoms with Gasteiger partial charge in [0.15, 0.2) is 0 Å². The standard InChI is InChI=1S/C11H8Cl2N4O4S/c12-10-5-9(6-14-11(10)13)22(20,21)16-15-7-1-3-8(4-2-7)17(18)19/h1-6,15-16H. The highest BCUT2D eigenvalue weighted by atomic mass is 35.5. The van der Waals surface area contributed by atoms with E-state index < -0.39 is 14.9 Å². The zero-order chi connectivity index (χ0) is 16.3. The molecule has 0 aliphatic carbocycles. The first-order valence-electron chi connectivity index (χ1n) is 5.63. The lowest BCUT2D eigenvalue weighted by atomic mass is 10.3. The summed E-state index contributed by atoms with van der Waals surface area (Å²) >= 11 is 11.3. The van der Waals surface area contributed by atoms with E-state index in [1.807, 2.05) is 0 Å². The lowest BCUT2D eigenvalue weighted by Crippen LogP contribution is -2.29. The van der Waals surface area contributed by atoms with Gasteiger partial charge in [-0.05, 0) is 18.2 Å². The minimum absolute atomic E-state index is 0.000113. The van der Waals surface area contributed by atoms with Crippen molar-refractivity contribution in [3.8, 4) is 0 Å². The average molecular weight is 363 g/mol. The van der Waals surface area contributed by atoms with Gasteiger partial charge in [0, 0.05) is 18.3 Å². The van der Waals surface area contributed by atoms with E-state index in [1.54, 1.807) is 0 Å². The Morgan fingerprint density at radius 2 is 1.82 bits per heavy atom. The van der Waals surface area contributed by atoms with Crippen LogP contribution in [0.2, 0.25) is 10.2 Å². The molecule has 0 amide bonds. The Hall–Kier alpha value is -1.94. The molecule has 1 aromatic heterocycles. The Morgan fingerprint density at radius 1 is 1.18 bits per heavy atom. The summed E-state index contributed by atoms with van der Waals surface area (Å²) < 4.78 is 24.0. The third-order valence-electron chi connectivity index (χ3n) is 2.49. The number of halogens is 2. The van der Waals surface area contributed by atoms with Crippen LogP contribution in [0.5, 0.6) is 0 Å². The predicted molar refractivity (Wildman–Crippen MR) is 81.3 cm³/mol. The van der Waals surface area contributed by atoms with Gasteiger partial charge in [-0.25, -0.2) is 13.4 Å². The van der Waals surface area contributed by atoms with Crippen LogP contribution in [0.1, 0.15) is 0 Å². The molecule has 0 radical (unpaired) electrons. The first-order valence-corrected chi connectivity index (χ1v) is 7.87. The Morgan fingerprint density at radius 3 is 2.36 bits per heavy atom. The van der Waals surface area contributed by atoms with Crippen molar-refractivity contribution in [1.29, 1.82) is 0 Å². The molecule has 2 N–H and O–H groups in total. The number of non-ortho nitro benzene ring substituents is 1. The number of nitro benzene ring substituents is 1. The summed E-state index contributed by atoms with van der Waals surface area (Å²) in [5.41, 5.74) is 2.63. The molecular weight excluding hydrogens is 355 g/mol. The molecular formula is C11H8Cl2N4O4S. The molecule has 0 aliphatic heterocycles. The number of benzene rings is 1. The van der Waals surface area contributed by atoms with Gasteiger partial charge in [0.1, 0.15) is 10.0 Å². The van der Waals surface area contributed by atoms with E-state index >= 15 is 0 Å². The van der Waals surface area contributed by atoms with Crippen molar-refractivity contribution in [2.75, 3.05) is 5.43 Å². The summed E-state index contributed by atoms with van der Waals surface area (Å²) in [5, 5.41) is 10.5. The number of hydrogen-bond acceptors (Lipinski definition) is 6. The number of rotatable bonds is 5. The predicted octanol–water partition coefficient (Wildman–Crippen LogP) is 2.60. The monoisotopic (exact) mass is 362 g/mol. The second-order valence-electron chi connectivity index (χ2n) is 3.98. The fourth-order valence-electron chi connectivity index (χ4n) is 1.40. The summed E-state index contributed by atoms with van der Waals surface area (Å²) in [6, 6.07) is 6.33. The molecule has 0 spiro atoms. The minimum atomic E-state index is -3.92. The van der Waals surface area contributed by atoms with Crippen LogP contribution in [-0.4, -0.2) is 18.3 Å². The van der Waals surface area contributed by atoms with E-state index in [9.17, 15) is 18.5 Å². The summed E-state index contributed by atoms with van der Waals surface area (Å²) in [6.07, 6.45) is 1.05. The van der Waals surface area contributed by atoms with Gasteiger partial charge in [-0.1, -0.05) is 23.2 Å². The van der Waals surface area contributed by atoms with Crippen molar-refractivity contribution >= 4 is 44.6 Å². The van der Waals surface area contributed by atoms with Crippen LogP contribution in [0.25, 0.3) is 0 Å². The van der Waals surface area contributed by atoms with E-state index in [2.05, 4.69) is 15.2 Å². The van der Waals surface area contributed by atoms with Gasteiger partial charge in [0.2, 0.25) is 0 Å². The SMILES string of the molecule is O=[N+]([O-])c1ccc(NNS(=O)(=O)c2cnc(Cl)c(Cl)c2)cc1. The maximum Gasteiger partial charge on any atom is 0.269 e. The van der Waals surface area contributed by atoms with Gasteiger partial charge >= 0.3 is 0 Å². The second-order valence-corrected chi connectivity index (χ2v) is 6.43. The van der Waals surface area contributed by atoms with E-state index in [0.29, 0.717) is 5.69 Å². The van der Waals surface area contributed by atoms with Crippen LogP contribution in [-0.2, 0) is 10.0 Å². The van der Waals surface area contributed by atoms with Crippen molar-refractivity contribution in [1.82, 2.24) is 9.82 Å². The Kier molecular flexibility index (Phi) is 4.81. The van der Waals surface area contributed by atoms with E-state index in [4.69, 9.17) is 23.2 Å². The molecule has 0 saturated carbocycles. The molecule has 0 atom stereocenters. The third kappa shape index (κ3) is 3.83. The maximum absolute atomic E-state index is 12.0. The maximum atomic E-state index is 12.0. The summed E-state index contributed by atoms with van der Waals surface area (Å²) in [6.45, 7) is 0. The van der Waals surface area contributed by atoms with Crippen LogP contribution in [0.15, 0.2) is 41.4 Å². The number of pyridine rings is 1. The highest BCUT2D eigenvalue weighted by Gasteiger charge is 2.16. The average Bonchev–Trinajstić information content (AvgIpc) is 2.48. The fraction of sp³-hybridized carbons (Fsp3) is 0. The summed E-state index contributed by atoms with van der Waals surface area (Å²) in [4.78, 5) is 15.5. The molecule has 8 nitrogen and oxygen atoms in total. The first-order chi connectivity index (χ1) is 10.3. The quantitative estimate of drug-likeness (QED) is 0.479. The van der Waals surface area contributed by atoms with E-state index in [-0.39, 0.29) is 20.8 Å². The van der Waals surface area contributed by atoms with E-state index in [0.717, 1.165) is 12.3 Å². The lowest BCUT2D eigenvalue weighted by molar-refractivity contribution is -0.384. The Balaban J connectivity index is 2.12. The van der Waals surface area contributed by atoms with Gasteiger partial charge in [-0.15, -0.1) is 4.83 Å². The molecule has 1 heterocycles. The van der Waals surface area contributed by atoms with Gasteiger partial charge < -0.3 is 5.43 Å². The lowest BCUT2D eigenvalue weighted by Gasteiger charge is -2.09. The molecule has 116 valence electrons. The van der Waals surface area contributed by atoms with Gasteiger partial charge in [-0.2, -0.15) is 0 Å². The van der Waals surface area contributed by atoms with E-state index in [1.165, 1.54) is 24.3 Å². The van der Waals surface area contributed by atoms with Crippen LogP contribution in [0, 0.1) is 10.1 Å². The van der Waals surface area contributed by atoms with Crippen molar-refractivity contribution in [2.45, 2.75) is 4.90 Å². The number of sulfonamides is 1. The topological polar surface area (TPSA) is 114 Å². The minimum Gasteiger partial charge on any atom is -0.308 e. The second kappa shape index (κ2) is 6.44. The number of anilines is 1. The smallest absolute Gasteiger partial charge is 0.269 e. The molecule has 22 heavy (non-hydrogen) atoms. The molecule has 0 saturated heterocycles. The third-order valence-corrected chi connectivity index (χ3v) is 4.39.